The van der Waals surface area contributed by atoms with E-state index in [-0.39, 0.29) is 6.67 Å². The van der Waals surface area contributed by atoms with Crippen molar-refractivity contribution in [2.45, 2.75) is 13.1 Å². The lowest BCUT2D eigenvalue weighted by Gasteiger charge is -2.23. The van der Waals surface area contributed by atoms with Crippen molar-refractivity contribution in [1.29, 1.82) is 0 Å². The highest BCUT2D eigenvalue weighted by molar-refractivity contribution is 7.15. The van der Waals surface area contributed by atoms with Gasteiger partial charge < -0.3 is 9.64 Å². The van der Waals surface area contributed by atoms with Crippen LogP contribution in [0.5, 0.6) is 0 Å². The number of nitrogens with zero attached hydrogens (tertiary/aromatic N) is 3. The summed E-state index contributed by atoms with van der Waals surface area (Å²) >= 11 is 1.50. The van der Waals surface area contributed by atoms with Gasteiger partial charge in [0.15, 0.2) is 0 Å². The molecule has 0 N–H and O–H groups in total. The molecule has 26 heavy (non-hydrogen) atoms. The molecule has 8 heteroatoms. The van der Waals surface area contributed by atoms with E-state index in [1.54, 1.807) is 30.5 Å². The molecule has 1 aromatic heterocycles. The first-order chi connectivity index (χ1) is 12.4. The first kappa shape index (κ1) is 18.2. The van der Waals surface area contributed by atoms with E-state index in [0.717, 1.165) is 32.8 Å². The van der Waals surface area contributed by atoms with Gasteiger partial charge in [0, 0.05) is 24.2 Å². The Labute approximate surface area is 153 Å². The number of hydrogen-bond donors (Lipinski definition) is 0. The molecular formula is C18H16F3N3OS. The van der Waals surface area contributed by atoms with Crippen LogP contribution in [0.4, 0.5) is 18.9 Å². The van der Waals surface area contributed by atoms with E-state index in [1.807, 2.05) is 25.1 Å². The van der Waals surface area contributed by atoms with Gasteiger partial charge in [-0.1, -0.05) is 6.07 Å². The van der Waals surface area contributed by atoms with E-state index < -0.39 is 11.9 Å². The fraction of sp³-hybridized carbons (Fsp3) is 0.222. The molecule has 0 radical (unpaired) electrons. The Morgan fingerprint density at radius 2 is 2.08 bits per heavy atom. The number of benzene rings is 1. The van der Waals surface area contributed by atoms with Gasteiger partial charge in [-0.2, -0.15) is 13.2 Å². The first-order valence-corrected chi connectivity index (χ1v) is 8.52. The van der Waals surface area contributed by atoms with E-state index >= 15 is 0 Å². The molecular weight excluding hydrogens is 363 g/mol. The van der Waals surface area contributed by atoms with E-state index in [4.69, 9.17) is 4.74 Å². The standard InChI is InChI=1S/C18H16F3N3OS/c1-12-7-13(15-10-22-17(26-15)4-6-25-2)9-14(8-12)24-5-3-16(23-11-24)18(19,20)21/h3-10H,11H2,1-2H3/b6-4-. The van der Waals surface area contributed by atoms with Gasteiger partial charge in [-0.05, 0) is 36.3 Å². The maximum absolute atomic E-state index is 12.7. The van der Waals surface area contributed by atoms with E-state index in [0.29, 0.717) is 0 Å². The number of thiazole rings is 1. The van der Waals surface area contributed by atoms with Crippen LogP contribution in [0.25, 0.3) is 16.5 Å². The molecule has 0 atom stereocenters. The third kappa shape index (κ3) is 4.13. The Morgan fingerprint density at radius 1 is 1.27 bits per heavy atom. The molecule has 1 aliphatic rings. The lowest BCUT2D eigenvalue weighted by atomic mass is 10.1. The highest BCUT2D eigenvalue weighted by atomic mass is 32.1. The van der Waals surface area contributed by atoms with Crippen molar-refractivity contribution in [2.24, 2.45) is 4.99 Å². The molecule has 1 aliphatic heterocycles. The maximum atomic E-state index is 12.7. The summed E-state index contributed by atoms with van der Waals surface area (Å²) in [7, 11) is 1.57. The highest BCUT2D eigenvalue weighted by Crippen LogP contribution is 2.32. The fourth-order valence-electron chi connectivity index (χ4n) is 2.46. The number of halogens is 3. The van der Waals surface area contributed by atoms with Crippen molar-refractivity contribution in [3.8, 4) is 10.4 Å². The second kappa shape index (κ2) is 7.33. The van der Waals surface area contributed by atoms with Crippen LogP contribution in [0.15, 0.2) is 47.9 Å². The van der Waals surface area contributed by atoms with Crippen LogP contribution < -0.4 is 4.90 Å². The topological polar surface area (TPSA) is 37.7 Å². The number of aliphatic imine (C=N–C) groups is 1. The van der Waals surface area contributed by atoms with Gasteiger partial charge in [-0.3, -0.25) is 4.99 Å². The molecule has 4 nitrogen and oxygen atoms in total. The first-order valence-electron chi connectivity index (χ1n) is 7.70. The number of anilines is 1. The zero-order valence-corrected chi connectivity index (χ0v) is 14.9. The van der Waals surface area contributed by atoms with Crippen molar-refractivity contribution in [2.75, 3.05) is 18.7 Å². The van der Waals surface area contributed by atoms with Crippen molar-refractivity contribution in [3.05, 3.63) is 53.5 Å². The maximum Gasteiger partial charge on any atom is 0.433 e. The average Bonchev–Trinajstić information content (AvgIpc) is 3.08. The second-order valence-electron chi connectivity index (χ2n) is 5.63. The number of rotatable bonds is 4. The Morgan fingerprint density at radius 3 is 2.73 bits per heavy atom. The largest absolute Gasteiger partial charge is 0.504 e. The van der Waals surface area contributed by atoms with E-state index in [9.17, 15) is 13.2 Å². The molecule has 0 aliphatic carbocycles. The third-order valence-corrected chi connectivity index (χ3v) is 4.66. The van der Waals surface area contributed by atoms with Crippen LogP contribution in [0, 0.1) is 6.92 Å². The van der Waals surface area contributed by atoms with Crippen molar-refractivity contribution >= 4 is 28.8 Å². The van der Waals surface area contributed by atoms with Gasteiger partial charge in [0.1, 0.15) is 17.4 Å². The fourth-order valence-corrected chi connectivity index (χ4v) is 3.26. The third-order valence-electron chi connectivity index (χ3n) is 3.64. The van der Waals surface area contributed by atoms with Gasteiger partial charge in [0.05, 0.1) is 18.2 Å². The number of ether oxygens (including phenoxy) is 1. The second-order valence-corrected chi connectivity index (χ2v) is 6.69. The molecule has 2 aromatic rings. The minimum atomic E-state index is -4.42. The normalized spacial score (nSPS) is 14.8. The number of allylic oxidation sites excluding steroid dienone is 1. The summed E-state index contributed by atoms with van der Waals surface area (Å²) in [6.45, 7) is 1.87. The SMILES string of the molecule is CO/C=C\c1ncc(-c2cc(C)cc(N3C=CC(C(F)(F)F)=NC3)c2)s1. The van der Waals surface area contributed by atoms with Gasteiger partial charge in [-0.25, -0.2) is 4.98 Å². The van der Waals surface area contributed by atoms with Crippen molar-refractivity contribution in [1.82, 2.24) is 4.98 Å². The lowest BCUT2D eigenvalue weighted by molar-refractivity contribution is -0.0579. The number of aromatic nitrogens is 1. The minimum absolute atomic E-state index is 0.0707. The lowest BCUT2D eigenvalue weighted by Crippen LogP contribution is -2.29. The van der Waals surface area contributed by atoms with E-state index in [1.165, 1.54) is 17.5 Å². The smallest absolute Gasteiger partial charge is 0.433 e. The van der Waals surface area contributed by atoms with Crippen LogP contribution in [-0.4, -0.2) is 30.7 Å². The van der Waals surface area contributed by atoms with Crippen molar-refractivity contribution in [3.63, 3.8) is 0 Å². The Hall–Kier alpha value is -2.61. The molecule has 2 heterocycles. The summed E-state index contributed by atoms with van der Waals surface area (Å²) in [6, 6.07) is 5.84. The molecule has 136 valence electrons. The number of alkyl halides is 3. The van der Waals surface area contributed by atoms with Crippen molar-refractivity contribution < 1.29 is 17.9 Å². The quantitative estimate of drug-likeness (QED) is 0.699. The number of hydrogen-bond acceptors (Lipinski definition) is 5. The average molecular weight is 379 g/mol. The van der Waals surface area contributed by atoms with Gasteiger partial charge in [0.25, 0.3) is 0 Å². The summed E-state index contributed by atoms with van der Waals surface area (Å²) in [6.07, 6.45) is 3.07. The number of methoxy groups -OCH3 is 1. The van der Waals surface area contributed by atoms with Crippen LogP contribution in [0.2, 0.25) is 0 Å². The molecule has 0 saturated carbocycles. The van der Waals surface area contributed by atoms with Gasteiger partial charge >= 0.3 is 6.18 Å². The summed E-state index contributed by atoms with van der Waals surface area (Å²) in [5.41, 5.74) is 1.87. The predicted octanol–water partition coefficient (Wildman–Crippen LogP) is 5.03. The van der Waals surface area contributed by atoms with E-state index in [2.05, 4.69) is 9.98 Å². The summed E-state index contributed by atoms with van der Waals surface area (Å²) in [5, 5.41) is 0.808. The van der Waals surface area contributed by atoms with Crippen LogP contribution in [-0.2, 0) is 4.74 Å². The summed E-state index contributed by atoms with van der Waals surface area (Å²) in [5.74, 6) is 0. The Kier molecular flexibility index (Phi) is 5.13. The molecule has 0 spiro atoms. The molecule has 0 bridgehead atoms. The summed E-state index contributed by atoms with van der Waals surface area (Å²) < 4.78 is 43.0. The van der Waals surface area contributed by atoms with Gasteiger partial charge in [0.2, 0.25) is 0 Å². The van der Waals surface area contributed by atoms with Gasteiger partial charge in [-0.15, -0.1) is 11.3 Å². The molecule has 3 rings (SSSR count). The zero-order valence-electron chi connectivity index (χ0n) is 14.1. The van der Waals surface area contributed by atoms with Crippen LogP contribution in [0.3, 0.4) is 0 Å². The molecule has 0 fully saturated rings. The Bertz CT molecular complexity index is 884. The van der Waals surface area contributed by atoms with Crippen LogP contribution >= 0.6 is 11.3 Å². The minimum Gasteiger partial charge on any atom is -0.504 e. The molecule has 0 amide bonds. The molecule has 0 unspecified atom stereocenters. The molecule has 1 aromatic carbocycles. The summed E-state index contributed by atoms with van der Waals surface area (Å²) in [4.78, 5) is 10.6. The predicted molar refractivity (Wildman–Crippen MR) is 98.3 cm³/mol. The monoisotopic (exact) mass is 379 g/mol. The van der Waals surface area contributed by atoms with Crippen LogP contribution in [0.1, 0.15) is 10.6 Å². The Balaban J connectivity index is 1.85. The highest BCUT2D eigenvalue weighted by Gasteiger charge is 2.34. The zero-order chi connectivity index (χ0) is 18.7. The number of aryl methyl sites for hydroxylation is 1. The molecule has 0 saturated heterocycles.